The van der Waals surface area contributed by atoms with E-state index in [1.165, 1.54) is 17.5 Å². The summed E-state index contributed by atoms with van der Waals surface area (Å²) < 4.78 is 0. The largest absolute Gasteiger partial charge is 0.355 e. The van der Waals surface area contributed by atoms with Crippen LogP contribution in [-0.2, 0) is 6.54 Å². The van der Waals surface area contributed by atoms with E-state index >= 15 is 0 Å². The van der Waals surface area contributed by atoms with Crippen LogP contribution < -0.4 is 10.6 Å². The van der Waals surface area contributed by atoms with E-state index in [2.05, 4.69) is 79.7 Å². The van der Waals surface area contributed by atoms with Gasteiger partial charge in [0.05, 0.1) is 0 Å². The molecule has 0 aliphatic carbocycles. The van der Waals surface area contributed by atoms with Gasteiger partial charge in [-0.3, -0.25) is 4.99 Å². The monoisotopic (exact) mass is 432 g/mol. The Morgan fingerprint density at radius 1 is 1.13 bits per heavy atom. The first kappa shape index (κ1) is 22.2. The summed E-state index contributed by atoms with van der Waals surface area (Å²) in [5.41, 5.74) is 2.55. The van der Waals surface area contributed by atoms with Gasteiger partial charge in [0, 0.05) is 26.2 Å². The second-order valence-electron chi connectivity index (χ2n) is 6.54. The highest BCUT2D eigenvalue weighted by molar-refractivity contribution is 14.0. The topological polar surface area (TPSA) is 39.7 Å². The Kier molecular flexibility index (Phi) is 11.3. The van der Waals surface area contributed by atoms with Crippen LogP contribution in [0.25, 0.3) is 0 Å². The molecule has 0 aliphatic heterocycles. The molecule has 1 atom stereocenters. The van der Waals surface area contributed by atoms with E-state index in [1.54, 1.807) is 0 Å². The quantitative estimate of drug-likeness (QED) is 0.395. The highest BCUT2D eigenvalue weighted by Gasteiger charge is 2.13. The first-order valence-electron chi connectivity index (χ1n) is 8.08. The molecule has 0 amide bonds. The van der Waals surface area contributed by atoms with Crippen molar-refractivity contribution in [3.63, 3.8) is 0 Å². The van der Waals surface area contributed by atoms with Gasteiger partial charge in [0.1, 0.15) is 0 Å². The molecule has 0 saturated heterocycles. The molecule has 2 N–H and O–H groups in total. The van der Waals surface area contributed by atoms with Crippen molar-refractivity contribution in [2.24, 2.45) is 10.9 Å². The number of hydrogen-bond acceptors (Lipinski definition) is 2. The van der Waals surface area contributed by atoms with Crippen molar-refractivity contribution < 1.29 is 0 Å². The number of rotatable bonds is 7. The second kappa shape index (κ2) is 11.7. The Morgan fingerprint density at radius 2 is 1.74 bits per heavy atom. The summed E-state index contributed by atoms with van der Waals surface area (Å²) in [7, 11) is 6.09. The number of benzene rings is 1. The van der Waals surface area contributed by atoms with Crippen molar-refractivity contribution >= 4 is 29.9 Å². The van der Waals surface area contributed by atoms with Gasteiger partial charge in [0.15, 0.2) is 5.96 Å². The lowest BCUT2D eigenvalue weighted by Crippen LogP contribution is -2.45. The summed E-state index contributed by atoms with van der Waals surface area (Å²) in [6.07, 6.45) is 1.18. The number of guanidine groups is 1. The van der Waals surface area contributed by atoms with Crippen LogP contribution in [0.4, 0.5) is 0 Å². The number of nitrogens with one attached hydrogen (secondary N) is 2. The van der Waals surface area contributed by atoms with Crippen LogP contribution in [0.3, 0.4) is 0 Å². The number of nitrogens with zero attached hydrogens (tertiary/aromatic N) is 2. The van der Waals surface area contributed by atoms with Crippen LogP contribution in [0.1, 0.15) is 31.4 Å². The van der Waals surface area contributed by atoms with Crippen molar-refractivity contribution in [3.8, 4) is 0 Å². The van der Waals surface area contributed by atoms with E-state index in [0.29, 0.717) is 12.0 Å². The molecule has 1 aromatic rings. The van der Waals surface area contributed by atoms with Crippen LogP contribution in [0.5, 0.6) is 0 Å². The van der Waals surface area contributed by atoms with E-state index in [9.17, 15) is 0 Å². The summed E-state index contributed by atoms with van der Waals surface area (Å²) in [5.74, 6) is 1.55. The fourth-order valence-electron chi connectivity index (χ4n) is 2.35. The van der Waals surface area contributed by atoms with Gasteiger partial charge in [-0.2, -0.15) is 0 Å². The Labute approximate surface area is 159 Å². The molecule has 5 heteroatoms. The van der Waals surface area contributed by atoms with Crippen molar-refractivity contribution in [2.75, 3.05) is 27.7 Å². The smallest absolute Gasteiger partial charge is 0.191 e. The molecule has 0 heterocycles. The van der Waals surface area contributed by atoms with Crippen molar-refractivity contribution in [3.05, 3.63) is 35.4 Å². The number of aryl methyl sites for hydroxylation is 1. The second-order valence-corrected chi connectivity index (χ2v) is 6.54. The average molecular weight is 432 g/mol. The van der Waals surface area contributed by atoms with Crippen LogP contribution in [0.15, 0.2) is 29.3 Å². The lowest BCUT2D eigenvalue weighted by Gasteiger charge is -2.27. The molecule has 4 nitrogen and oxygen atoms in total. The average Bonchev–Trinajstić information content (AvgIpc) is 2.47. The van der Waals surface area contributed by atoms with E-state index < -0.39 is 0 Å². The van der Waals surface area contributed by atoms with Gasteiger partial charge in [-0.1, -0.05) is 43.7 Å². The zero-order valence-corrected chi connectivity index (χ0v) is 17.7. The maximum Gasteiger partial charge on any atom is 0.191 e. The lowest BCUT2D eigenvalue weighted by atomic mass is 10.0. The minimum atomic E-state index is 0. The lowest BCUT2D eigenvalue weighted by molar-refractivity contribution is 0.254. The van der Waals surface area contributed by atoms with Crippen molar-refractivity contribution in [2.45, 2.75) is 39.8 Å². The summed E-state index contributed by atoms with van der Waals surface area (Å²) in [4.78, 5) is 6.59. The molecular weight excluding hydrogens is 399 g/mol. The number of likely N-dealkylation sites (N-methyl/N-ethyl adjacent to an activating group) is 1. The van der Waals surface area contributed by atoms with Gasteiger partial charge in [-0.25, -0.2) is 0 Å². The first-order chi connectivity index (χ1) is 10.4. The Bertz CT molecular complexity index is 455. The van der Waals surface area contributed by atoms with E-state index in [1.807, 2.05) is 7.05 Å². The molecule has 0 spiro atoms. The van der Waals surface area contributed by atoms with Crippen molar-refractivity contribution in [1.82, 2.24) is 15.5 Å². The molecule has 132 valence electrons. The zero-order valence-electron chi connectivity index (χ0n) is 15.4. The van der Waals surface area contributed by atoms with Gasteiger partial charge in [-0.15, -0.1) is 24.0 Å². The molecule has 0 saturated carbocycles. The SMILES string of the molecule is CN=C(NCc1ccc(C)cc1)NCC(CC(C)C)N(C)C.I. The summed E-state index contributed by atoms with van der Waals surface area (Å²) in [6, 6.07) is 9.09. The fourth-order valence-corrected chi connectivity index (χ4v) is 2.35. The Morgan fingerprint density at radius 3 is 2.22 bits per heavy atom. The van der Waals surface area contributed by atoms with E-state index in [0.717, 1.165) is 19.0 Å². The standard InChI is InChI=1S/C18H32N4.HI/c1-14(2)11-17(22(5)6)13-21-18(19-4)20-12-16-9-7-15(3)8-10-16;/h7-10,14,17H,11-13H2,1-6H3,(H2,19,20,21);1H. The van der Waals surface area contributed by atoms with Gasteiger partial charge in [0.25, 0.3) is 0 Å². The van der Waals surface area contributed by atoms with Gasteiger partial charge in [0.2, 0.25) is 0 Å². The predicted octanol–water partition coefficient (Wildman–Crippen LogP) is 3.25. The summed E-state index contributed by atoms with van der Waals surface area (Å²) in [5, 5.41) is 6.81. The maximum absolute atomic E-state index is 4.31. The van der Waals surface area contributed by atoms with E-state index in [-0.39, 0.29) is 24.0 Å². The minimum absolute atomic E-state index is 0. The zero-order chi connectivity index (χ0) is 16.5. The van der Waals surface area contributed by atoms with Crippen molar-refractivity contribution in [1.29, 1.82) is 0 Å². The van der Waals surface area contributed by atoms with Crippen LogP contribution in [-0.4, -0.2) is 44.6 Å². The number of aliphatic imine (C=N–C) groups is 1. The maximum atomic E-state index is 4.31. The summed E-state index contributed by atoms with van der Waals surface area (Å²) >= 11 is 0. The molecule has 0 fully saturated rings. The predicted molar refractivity (Wildman–Crippen MR) is 112 cm³/mol. The minimum Gasteiger partial charge on any atom is -0.355 e. The highest BCUT2D eigenvalue weighted by atomic mass is 127. The van der Waals surface area contributed by atoms with Crippen LogP contribution in [0.2, 0.25) is 0 Å². The molecule has 1 rings (SSSR count). The number of hydrogen-bond donors (Lipinski definition) is 2. The molecule has 23 heavy (non-hydrogen) atoms. The van der Waals surface area contributed by atoms with E-state index in [4.69, 9.17) is 0 Å². The van der Waals surface area contributed by atoms with Crippen LogP contribution >= 0.6 is 24.0 Å². The Hall–Kier alpha value is -0.820. The molecule has 1 unspecified atom stereocenters. The molecular formula is C18H33IN4. The summed E-state index contributed by atoms with van der Waals surface area (Å²) in [6.45, 7) is 8.32. The van der Waals surface area contributed by atoms with Crippen LogP contribution in [0, 0.1) is 12.8 Å². The first-order valence-corrected chi connectivity index (χ1v) is 8.08. The third kappa shape index (κ3) is 9.15. The number of halogens is 1. The third-order valence-electron chi connectivity index (χ3n) is 3.78. The highest BCUT2D eigenvalue weighted by Crippen LogP contribution is 2.08. The fraction of sp³-hybridized carbons (Fsp3) is 0.611. The van der Waals surface area contributed by atoms with Gasteiger partial charge < -0.3 is 15.5 Å². The molecule has 0 aromatic heterocycles. The Balaban J connectivity index is 0.00000484. The molecule has 0 radical (unpaired) electrons. The normalized spacial score (nSPS) is 13.0. The third-order valence-corrected chi connectivity index (χ3v) is 3.78. The van der Waals surface area contributed by atoms with Gasteiger partial charge in [-0.05, 0) is 38.9 Å². The molecule has 0 bridgehead atoms. The molecule has 1 aromatic carbocycles. The van der Waals surface area contributed by atoms with Gasteiger partial charge >= 0.3 is 0 Å². The molecule has 0 aliphatic rings.